The molecular weight excluding hydrogens is 737 g/mol. The van der Waals surface area contributed by atoms with E-state index in [2.05, 4.69) is 36.8 Å². The first kappa shape index (κ1) is 34.3. The number of carbonyl (C=O) groups is 2. The molecule has 13 heteroatoms. The van der Waals surface area contributed by atoms with E-state index in [0.717, 1.165) is 17.5 Å². The van der Waals surface area contributed by atoms with Gasteiger partial charge in [0, 0.05) is 71.1 Å². The summed E-state index contributed by atoms with van der Waals surface area (Å²) in [7, 11) is 1.59. The minimum Gasteiger partial charge on any atom is -0.449 e. The maximum atomic E-state index is 14.2. The van der Waals surface area contributed by atoms with Crippen molar-refractivity contribution in [2.24, 2.45) is 10.8 Å². The molecular formula is C33H33Br2F3N2O6. The summed E-state index contributed by atoms with van der Waals surface area (Å²) in [4.78, 5) is 41.4. The Balaban J connectivity index is 1.79. The van der Waals surface area contributed by atoms with Crippen molar-refractivity contribution in [1.29, 1.82) is 0 Å². The molecule has 46 heavy (non-hydrogen) atoms. The molecule has 0 N–H and O–H groups in total. The monoisotopic (exact) mass is 768 g/mol. The quantitative estimate of drug-likeness (QED) is 0.205. The molecule has 0 fully saturated rings. The van der Waals surface area contributed by atoms with E-state index in [1.165, 1.54) is 0 Å². The zero-order valence-corrected chi connectivity index (χ0v) is 29.1. The second-order valence-electron chi connectivity index (χ2n) is 13.5. The number of hydrogen-bond acceptors (Lipinski definition) is 7. The number of nitro groups is 1. The largest absolute Gasteiger partial charge is 0.449 e. The molecule has 0 aromatic heterocycles. The molecule has 0 saturated heterocycles. The standard InChI is InChI=1S/C33H33Br2F3N2O6/c1-31(2)13-22-28(24(41)15-31)27(29-23(39(22)8-9-45-5)14-32(3,4)16-25(29)42)19-11-18(34)12-20(35)30(19)46-26-7-6-17(33(36,37)38)10-21(26)40(43)44/h6-7,10-12,27H,8-9,13-16H2,1-5H3. The van der Waals surface area contributed by atoms with Crippen LogP contribution in [0.5, 0.6) is 11.5 Å². The maximum absolute atomic E-state index is 14.2. The van der Waals surface area contributed by atoms with E-state index < -0.39 is 34.0 Å². The van der Waals surface area contributed by atoms with Crippen LogP contribution in [0.2, 0.25) is 0 Å². The van der Waals surface area contributed by atoms with E-state index in [4.69, 9.17) is 9.47 Å². The highest BCUT2D eigenvalue weighted by Gasteiger charge is 2.50. The molecule has 0 radical (unpaired) electrons. The smallest absolute Gasteiger partial charge is 0.416 e. The number of ether oxygens (including phenoxy) is 2. The van der Waals surface area contributed by atoms with Crippen LogP contribution in [-0.2, 0) is 20.5 Å². The number of nitro benzene ring substituents is 1. The van der Waals surface area contributed by atoms with Crippen LogP contribution in [-0.4, -0.2) is 41.7 Å². The van der Waals surface area contributed by atoms with E-state index in [-0.39, 0.29) is 41.0 Å². The highest BCUT2D eigenvalue weighted by Crippen LogP contribution is 2.57. The number of ketones is 2. The molecule has 0 unspecified atom stereocenters. The Hall–Kier alpha value is -3.03. The maximum Gasteiger partial charge on any atom is 0.416 e. The third kappa shape index (κ3) is 6.55. The van der Waals surface area contributed by atoms with Crippen molar-refractivity contribution >= 4 is 49.1 Å². The summed E-state index contributed by atoms with van der Waals surface area (Å²) in [6.45, 7) is 8.86. The third-order valence-electron chi connectivity index (χ3n) is 8.58. The Morgan fingerprint density at radius 3 is 2.02 bits per heavy atom. The summed E-state index contributed by atoms with van der Waals surface area (Å²) in [5, 5.41) is 11.9. The number of benzene rings is 2. The Labute approximate surface area is 281 Å². The molecule has 2 aromatic carbocycles. The van der Waals surface area contributed by atoms with Crippen molar-refractivity contribution in [3.05, 3.63) is 83.1 Å². The van der Waals surface area contributed by atoms with Crippen LogP contribution in [0.4, 0.5) is 18.9 Å². The third-order valence-corrected chi connectivity index (χ3v) is 9.63. The SMILES string of the molecule is COCCN1C2=C(C(=O)CC(C)(C)C2)C(c2cc(Br)cc(Br)c2Oc2ccc(C(F)(F)F)cc2[N+](=O)[O-])C2=C1CC(C)(C)CC2=O. The lowest BCUT2D eigenvalue weighted by Gasteiger charge is -2.49. The van der Waals surface area contributed by atoms with Crippen LogP contribution in [0.15, 0.2) is 61.8 Å². The number of nitrogens with zero attached hydrogens (tertiary/aromatic N) is 2. The summed E-state index contributed by atoms with van der Waals surface area (Å²) in [6.07, 6.45) is -3.23. The molecule has 0 bridgehead atoms. The van der Waals surface area contributed by atoms with Crippen LogP contribution < -0.4 is 4.74 Å². The number of alkyl halides is 3. The molecule has 8 nitrogen and oxygen atoms in total. The molecule has 0 atom stereocenters. The second-order valence-corrected chi connectivity index (χ2v) is 15.3. The van der Waals surface area contributed by atoms with Gasteiger partial charge < -0.3 is 14.4 Å². The number of carbonyl (C=O) groups excluding carboxylic acids is 2. The summed E-state index contributed by atoms with van der Waals surface area (Å²) in [5.41, 5.74) is 0.0361. The van der Waals surface area contributed by atoms with Gasteiger partial charge in [0.05, 0.1) is 21.6 Å². The van der Waals surface area contributed by atoms with Crippen LogP contribution >= 0.6 is 31.9 Å². The van der Waals surface area contributed by atoms with Gasteiger partial charge in [0.15, 0.2) is 11.6 Å². The van der Waals surface area contributed by atoms with Crippen LogP contribution in [0.25, 0.3) is 0 Å². The molecule has 0 saturated carbocycles. The number of halogens is 5. The van der Waals surface area contributed by atoms with Crippen molar-refractivity contribution in [3.8, 4) is 11.5 Å². The molecule has 1 aliphatic heterocycles. The highest BCUT2D eigenvalue weighted by molar-refractivity contribution is 9.11. The lowest BCUT2D eigenvalue weighted by molar-refractivity contribution is -0.385. The fraction of sp³-hybridized carbons (Fsp3) is 0.455. The van der Waals surface area contributed by atoms with Crippen molar-refractivity contribution in [2.75, 3.05) is 20.3 Å². The van der Waals surface area contributed by atoms with Gasteiger partial charge in [-0.05, 0) is 63.9 Å². The first-order chi connectivity index (χ1) is 21.3. The fourth-order valence-electron chi connectivity index (χ4n) is 6.75. The van der Waals surface area contributed by atoms with Gasteiger partial charge >= 0.3 is 11.9 Å². The van der Waals surface area contributed by atoms with Crippen LogP contribution in [0.1, 0.15) is 70.4 Å². The zero-order chi connectivity index (χ0) is 33.9. The van der Waals surface area contributed by atoms with Gasteiger partial charge in [-0.15, -0.1) is 0 Å². The normalized spacial score (nSPS) is 19.7. The minimum absolute atomic E-state index is 0.0513. The summed E-state index contributed by atoms with van der Waals surface area (Å²) < 4.78 is 52.8. The number of methoxy groups -OCH3 is 1. The Kier molecular flexibility index (Phi) is 9.10. The Morgan fingerprint density at radius 1 is 0.957 bits per heavy atom. The topological polar surface area (TPSA) is 99.0 Å². The van der Waals surface area contributed by atoms with E-state index in [9.17, 15) is 32.9 Å². The molecule has 0 spiro atoms. The minimum atomic E-state index is -4.81. The van der Waals surface area contributed by atoms with Gasteiger partial charge in [0.2, 0.25) is 5.75 Å². The lowest BCUT2D eigenvalue weighted by atomic mass is 9.63. The highest BCUT2D eigenvalue weighted by atomic mass is 79.9. The van der Waals surface area contributed by atoms with Gasteiger partial charge in [-0.25, -0.2) is 0 Å². The first-order valence-electron chi connectivity index (χ1n) is 14.6. The van der Waals surface area contributed by atoms with Crippen LogP contribution in [0.3, 0.4) is 0 Å². The molecule has 2 aromatic rings. The van der Waals surface area contributed by atoms with E-state index in [1.54, 1.807) is 19.2 Å². The van der Waals surface area contributed by atoms with Crippen molar-refractivity contribution in [3.63, 3.8) is 0 Å². The van der Waals surface area contributed by atoms with Gasteiger partial charge in [0.25, 0.3) is 0 Å². The Morgan fingerprint density at radius 2 is 1.52 bits per heavy atom. The number of Topliss-reactive ketones (excluding diaryl/α,β-unsaturated/α-hetero) is 2. The van der Waals surface area contributed by atoms with Crippen molar-refractivity contribution in [2.45, 2.75) is 65.5 Å². The summed E-state index contributed by atoms with van der Waals surface area (Å²) in [5.74, 6) is -1.52. The average molecular weight is 770 g/mol. The molecule has 3 aliphatic rings. The molecule has 2 aliphatic carbocycles. The predicted molar refractivity (Wildman–Crippen MR) is 171 cm³/mol. The van der Waals surface area contributed by atoms with Gasteiger partial charge in [-0.3, -0.25) is 19.7 Å². The number of rotatable bonds is 7. The molecule has 1 heterocycles. The van der Waals surface area contributed by atoms with Gasteiger partial charge in [-0.1, -0.05) is 43.6 Å². The first-order valence-corrected chi connectivity index (χ1v) is 16.2. The number of hydrogen-bond donors (Lipinski definition) is 0. The zero-order valence-electron chi connectivity index (χ0n) is 25.9. The second kappa shape index (κ2) is 12.2. The molecule has 246 valence electrons. The van der Waals surface area contributed by atoms with E-state index in [0.29, 0.717) is 63.8 Å². The summed E-state index contributed by atoms with van der Waals surface area (Å²) >= 11 is 6.99. The van der Waals surface area contributed by atoms with Gasteiger partial charge in [-0.2, -0.15) is 13.2 Å². The molecule has 0 amide bonds. The van der Waals surface area contributed by atoms with E-state index >= 15 is 0 Å². The fourth-order valence-corrected chi connectivity index (χ4v) is 8.09. The van der Waals surface area contributed by atoms with Crippen molar-refractivity contribution in [1.82, 2.24) is 4.90 Å². The van der Waals surface area contributed by atoms with Gasteiger partial charge in [0.1, 0.15) is 5.75 Å². The molecule has 5 rings (SSSR count). The lowest BCUT2D eigenvalue weighted by Crippen LogP contribution is -2.45. The predicted octanol–water partition coefficient (Wildman–Crippen LogP) is 9.26. The Bertz CT molecular complexity index is 1660. The number of allylic oxidation sites excluding steroid dienone is 4. The average Bonchev–Trinajstić information content (AvgIpc) is 2.91. The van der Waals surface area contributed by atoms with E-state index in [1.807, 2.05) is 27.7 Å². The summed E-state index contributed by atoms with van der Waals surface area (Å²) in [6, 6.07) is 5.37. The van der Waals surface area contributed by atoms with Crippen LogP contribution in [0, 0.1) is 20.9 Å². The van der Waals surface area contributed by atoms with Crippen molar-refractivity contribution < 1.29 is 37.2 Å².